The molecule has 2 rings (SSSR count). The number of rotatable bonds is 3. The van der Waals surface area contributed by atoms with E-state index in [-0.39, 0.29) is 18.4 Å². The predicted octanol–water partition coefficient (Wildman–Crippen LogP) is 0.472. The number of carboxylic acid groups (broad SMARTS) is 1. The summed E-state index contributed by atoms with van der Waals surface area (Å²) in [6.07, 6.45) is 3.51. The molecular weight excluding hydrogens is 222 g/mol. The van der Waals surface area contributed by atoms with Gasteiger partial charge in [-0.3, -0.25) is 9.59 Å². The highest BCUT2D eigenvalue weighted by Crippen LogP contribution is 2.43. The molecule has 2 N–H and O–H groups in total. The van der Waals surface area contributed by atoms with Crippen LogP contribution in [0, 0.1) is 11.3 Å². The molecule has 0 aromatic rings. The minimum absolute atomic E-state index is 0.0733. The second-order valence-corrected chi connectivity index (χ2v) is 5.18. The maximum absolute atomic E-state index is 12.3. The van der Waals surface area contributed by atoms with Crippen molar-refractivity contribution < 1.29 is 19.8 Å². The van der Waals surface area contributed by atoms with E-state index in [1.165, 1.54) is 0 Å². The molecule has 1 heterocycles. The minimum atomic E-state index is -1.16. The molecule has 1 unspecified atom stereocenters. The molecular formula is C12H19NO4. The maximum atomic E-state index is 12.3. The molecule has 0 aromatic heterocycles. The number of aliphatic carboxylic acids is 1. The topological polar surface area (TPSA) is 77.8 Å². The number of carboxylic acids is 1. The van der Waals surface area contributed by atoms with Gasteiger partial charge in [-0.1, -0.05) is 6.42 Å². The van der Waals surface area contributed by atoms with Crippen molar-refractivity contribution in [3.05, 3.63) is 0 Å². The van der Waals surface area contributed by atoms with Crippen molar-refractivity contribution in [3.63, 3.8) is 0 Å². The summed E-state index contributed by atoms with van der Waals surface area (Å²) in [5.41, 5.74) is -1.16. The monoisotopic (exact) mass is 241 g/mol. The fourth-order valence-electron chi connectivity index (χ4n) is 2.75. The van der Waals surface area contributed by atoms with Gasteiger partial charge in [-0.15, -0.1) is 0 Å². The zero-order chi connectivity index (χ0) is 12.5. The molecule has 5 heteroatoms. The Kier molecular flexibility index (Phi) is 3.38. The van der Waals surface area contributed by atoms with Gasteiger partial charge in [0.1, 0.15) is 5.41 Å². The van der Waals surface area contributed by atoms with E-state index in [9.17, 15) is 14.7 Å². The molecule has 0 aromatic carbocycles. The van der Waals surface area contributed by atoms with E-state index in [0.717, 1.165) is 19.3 Å². The van der Waals surface area contributed by atoms with Gasteiger partial charge in [-0.05, 0) is 31.6 Å². The maximum Gasteiger partial charge on any atom is 0.319 e. The first-order valence-corrected chi connectivity index (χ1v) is 6.24. The largest absolute Gasteiger partial charge is 0.480 e. The first-order chi connectivity index (χ1) is 8.10. The van der Waals surface area contributed by atoms with E-state index in [1.54, 1.807) is 4.90 Å². The van der Waals surface area contributed by atoms with Gasteiger partial charge in [0.15, 0.2) is 0 Å². The molecule has 1 amide bonds. The average molecular weight is 241 g/mol. The van der Waals surface area contributed by atoms with E-state index in [4.69, 9.17) is 5.11 Å². The third-order valence-corrected chi connectivity index (χ3v) is 4.09. The normalized spacial score (nSPS) is 27.4. The van der Waals surface area contributed by atoms with Gasteiger partial charge in [0, 0.05) is 19.7 Å². The molecule has 1 aliphatic carbocycles. The summed E-state index contributed by atoms with van der Waals surface area (Å²) in [7, 11) is 0. The third-order valence-electron chi connectivity index (χ3n) is 4.09. The molecule has 1 saturated heterocycles. The Labute approximate surface area is 100 Å². The zero-order valence-corrected chi connectivity index (χ0v) is 9.89. The van der Waals surface area contributed by atoms with Crippen LogP contribution in [-0.2, 0) is 9.59 Å². The Bertz CT molecular complexity index is 324. The predicted molar refractivity (Wildman–Crippen MR) is 60.3 cm³/mol. The molecule has 17 heavy (non-hydrogen) atoms. The van der Waals surface area contributed by atoms with E-state index in [1.807, 2.05) is 0 Å². The highest BCUT2D eigenvalue weighted by Gasteiger charge is 2.53. The van der Waals surface area contributed by atoms with E-state index in [0.29, 0.717) is 25.9 Å². The van der Waals surface area contributed by atoms with Crippen molar-refractivity contribution in [3.8, 4) is 0 Å². The molecule has 96 valence electrons. The molecule has 1 atom stereocenters. The molecule has 1 aliphatic heterocycles. The molecule has 0 radical (unpaired) electrons. The third kappa shape index (κ3) is 2.04. The van der Waals surface area contributed by atoms with Gasteiger partial charge < -0.3 is 15.1 Å². The van der Waals surface area contributed by atoms with Gasteiger partial charge in [0.25, 0.3) is 0 Å². The number of hydrogen-bond acceptors (Lipinski definition) is 3. The molecule has 1 saturated carbocycles. The first-order valence-electron chi connectivity index (χ1n) is 6.24. The fourth-order valence-corrected chi connectivity index (χ4v) is 2.75. The number of carbonyl (C=O) groups is 2. The number of piperidine rings is 1. The van der Waals surface area contributed by atoms with Crippen molar-refractivity contribution in [2.75, 3.05) is 19.7 Å². The lowest BCUT2D eigenvalue weighted by atomic mass is 9.67. The Morgan fingerprint density at radius 2 is 2.00 bits per heavy atom. The van der Waals surface area contributed by atoms with Crippen molar-refractivity contribution in [2.24, 2.45) is 11.3 Å². The molecule has 0 spiro atoms. The number of nitrogens with zero attached hydrogens (tertiary/aromatic N) is 1. The van der Waals surface area contributed by atoms with Crippen LogP contribution in [0.15, 0.2) is 0 Å². The standard InChI is InChI=1S/C12H19NO4/c14-8-9-3-1-6-13(7-9)10(15)12(11(16)17)4-2-5-12/h9,14H,1-8H2,(H,16,17). The Morgan fingerprint density at radius 3 is 2.47 bits per heavy atom. The second kappa shape index (κ2) is 4.64. The zero-order valence-electron chi connectivity index (χ0n) is 9.89. The summed E-state index contributed by atoms with van der Waals surface area (Å²) < 4.78 is 0. The summed E-state index contributed by atoms with van der Waals surface area (Å²) in [5.74, 6) is -1.12. The molecule has 0 bridgehead atoms. The SMILES string of the molecule is O=C(O)C1(C(=O)N2CCCC(CO)C2)CCC1. The number of amides is 1. The second-order valence-electron chi connectivity index (χ2n) is 5.18. The quantitative estimate of drug-likeness (QED) is 0.704. The van der Waals surface area contributed by atoms with Crippen molar-refractivity contribution in [2.45, 2.75) is 32.1 Å². The average Bonchev–Trinajstić information content (AvgIpc) is 2.27. The van der Waals surface area contributed by atoms with Crippen LogP contribution < -0.4 is 0 Å². The number of hydrogen-bond donors (Lipinski definition) is 2. The molecule has 2 fully saturated rings. The Balaban J connectivity index is 2.06. The van der Waals surface area contributed by atoms with Crippen LogP contribution in [0.3, 0.4) is 0 Å². The first kappa shape index (κ1) is 12.4. The minimum Gasteiger partial charge on any atom is -0.480 e. The van der Waals surface area contributed by atoms with Gasteiger partial charge in [-0.25, -0.2) is 0 Å². The van der Waals surface area contributed by atoms with Crippen LogP contribution in [-0.4, -0.2) is 46.7 Å². The highest BCUT2D eigenvalue weighted by atomic mass is 16.4. The van der Waals surface area contributed by atoms with Crippen LogP contribution in [0.5, 0.6) is 0 Å². The van der Waals surface area contributed by atoms with Gasteiger partial charge >= 0.3 is 5.97 Å². The Morgan fingerprint density at radius 1 is 1.29 bits per heavy atom. The van der Waals surface area contributed by atoms with Crippen LogP contribution in [0.4, 0.5) is 0 Å². The Hall–Kier alpha value is -1.10. The summed E-state index contributed by atoms with van der Waals surface area (Å²) in [5, 5.41) is 18.3. The van der Waals surface area contributed by atoms with Crippen molar-refractivity contribution in [1.82, 2.24) is 4.90 Å². The number of carbonyl (C=O) groups excluding carboxylic acids is 1. The summed E-state index contributed by atoms with van der Waals surface area (Å²) in [6.45, 7) is 1.21. The van der Waals surface area contributed by atoms with Crippen LogP contribution >= 0.6 is 0 Å². The van der Waals surface area contributed by atoms with Gasteiger partial charge in [-0.2, -0.15) is 0 Å². The summed E-state index contributed by atoms with van der Waals surface area (Å²) in [4.78, 5) is 25.1. The highest BCUT2D eigenvalue weighted by molar-refractivity contribution is 6.02. The van der Waals surface area contributed by atoms with Crippen LogP contribution in [0.2, 0.25) is 0 Å². The van der Waals surface area contributed by atoms with Gasteiger partial charge in [0.05, 0.1) is 0 Å². The fraction of sp³-hybridized carbons (Fsp3) is 0.833. The van der Waals surface area contributed by atoms with Crippen molar-refractivity contribution in [1.29, 1.82) is 0 Å². The smallest absolute Gasteiger partial charge is 0.319 e. The molecule has 5 nitrogen and oxygen atoms in total. The van der Waals surface area contributed by atoms with Gasteiger partial charge in [0.2, 0.25) is 5.91 Å². The number of aliphatic hydroxyl groups is 1. The summed E-state index contributed by atoms with van der Waals surface area (Å²) >= 11 is 0. The lowest BCUT2D eigenvalue weighted by Gasteiger charge is -2.42. The number of aliphatic hydroxyl groups excluding tert-OH is 1. The van der Waals surface area contributed by atoms with Crippen LogP contribution in [0.25, 0.3) is 0 Å². The van der Waals surface area contributed by atoms with E-state index in [2.05, 4.69) is 0 Å². The lowest BCUT2D eigenvalue weighted by molar-refractivity contribution is -0.168. The van der Waals surface area contributed by atoms with Crippen LogP contribution in [0.1, 0.15) is 32.1 Å². The summed E-state index contributed by atoms with van der Waals surface area (Å²) in [6, 6.07) is 0. The van der Waals surface area contributed by atoms with E-state index < -0.39 is 11.4 Å². The van der Waals surface area contributed by atoms with Crippen molar-refractivity contribution >= 4 is 11.9 Å². The lowest BCUT2D eigenvalue weighted by Crippen LogP contribution is -2.55. The molecule has 2 aliphatic rings. The van der Waals surface area contributed by atoms with E-state index >= 15 is 0 Å². The number of likely N-dealkylation sites (tertiary alicyclic amines) is 1.